The van der Waals surface area contributed by atoms with Gasteiger partial charge in [0.15, 0.2) is 0 Å². The lowest BCUT2D eigenvalue weighted by atomic mass is 9.82. The second-order valence-electron chi connectivity index (χ2n) is 9.12. The first kappa shape index (κ1) is 27.5. The van der Waals surface area contributed by atoms with E-state index < -0.39 is 11.9 Å². The molecule has 2 N–H and O–H groups in total. The highest BCUT2D eigenvalue weighted by Gasteiger charge is 2.37. The zero-order valence-electron chi connectivity index (χ0n) is 22.0. The Morgan fingerprint density at radius 3 is 2.41 bits per heavy atom. The zero-order chi connectivity index (χ0) is 27.9. The first-order chi connectivity index (χ1) is 18.9. The molecule has 2 heterocycles. The summed E-state index contributed by atoms with van der Waals surface area (Å²) in [7, 11) is 0. The van der Waals surface area contributed by atoms with E-state index in [0.29, 0.717) is 16.5 Å². The van der Waals surface area contributed by atoms with Crippen LogP contribution in [0.4, 0.5) is 0 Å². The molecule has 2 aromatic carbocycles. The maximum atomic E-state index is 13.3. The first-order valence-corrected chi connectivity index (χ1v) is 13.5. The van der Waals surface area contributed by atoms with E-state index in [4.69, 9.17) is 20.2 Å². The molecule has 0 bridgehead atoms. The molecule has 1 aliphatic rings. The van der Waals surface area contributed by atoms with Gasteiger partial charge in [-0.25, -0.2) is 9.78 Å². The first-order valence-electron chi connectivity index (χ1n) is 12.5. The number of allylic oxidation sites excluding steroid dienone is 1. The summed E-state index contributed by atoms with van der Waals surface area (Å²) in [6, 6.07) is 25.3. The lowest BCUT2D eigenvalue weighted by molar-refractivity contribution is -0.139. The van der Waals surface area contributed by atoms with E-state index in [1.165, 1.54) is 11.8 Å². The number of hydrogen-bond donors (Lipinski definition) is 1. The number of hydrogen-bond acceptors (Lipinski definition) is 8. The van der Waals surface area contributed by atoms with E-state index in [-0.39, 0.29) is 35.1 Å². The van der Waals surface area contributed by atoms with Crippen LogP contribution in [0.3, 0.4) is 0 Å². The normalized spacial score (nSPS) is 15.0. The predicted molar refractivity (Wildman–Crippen MR) is 150 cm³/mol. The Kier molecular flexibility index (Phi) is 8.70. The Morgan fingerprint density at radius 1 is 1.08 bits per heavy atom. The van der Waals surface area contributed by atoms with Gasteiger partial charge in [0, 0.05) is 5.56 Å². The molecular weight excluding hydrogens is 508 g/mol. The van der Waals surface area contributed by atoms with Gasteiger partial charge < -0.3 is 15.2 Å². The van der Waals surface area contributed by atoms with Crippen molar-refractivity contribution < 1.29 is 14.3 Å². The lowest BCUT2D eigenvalue weighted by Gasteiger charge is -2.28. The molecule has 7 nitrogen and oxygen atoms in total. The van der Waals surface area contributed by atoms with Crippen LogP contribution in [-0.4, -0.2) is 23.3 Å². The van der Waals surface area contributed by atoms with Crippen molar-refractivity contribution in [2.24, 2.45) is 5.73 Å². The molecule has 0 saturated carbocycles. The fraction of sp³-hybridized carbons (Fsp3) is 0.226. The van der Waals surface area contributed by atoms with Gasteiger partial charge in [0.05, 0.1) is 35.1 Å². The average molecular weight is 537 g/mol. The molecule has 0 amide bonds. The van der Waals surface area contributed by atoms with Crippen molar-refractivity contribution in [1.29, 1.82) is 10.5 Å². The highest BCUT2D eigenvalue weighted by molar-refractivity contribution is 7.99. The quantitative estimate of drug-likeness (QED) is 0.268. The molecule has 1 aromatic heterocycles. The van der Waals surface area contributed by atoms with Gasteiger partial charge in [0.1, 0.15) is 28.5 Å². The van der Waals surface area contributed by atoms with Gasteiger partial charge in [-0.05, 0) is 36.1 Å². The molecule has 1 aliphatic heterocycles. The van der Waals surface area contributed by atoms with Crippen molar-refractivity contribution in [3.05, 3.63) is 106 Å². The Hall–Kier alpha value is -4.53. The Labute approximate surface area is 232 Å². The summed E-state index contributed by atoms with van der Waals surface area (Å²) in [5.41, 5.74) is 10.5. The number of ether oxygens (including phenoxy) is 2. The minimum Gasteiger partial charge on any atom is -0.463 e. The van der Waals surface area contributed by atoms with E-state index in [9.17, 15) is 15.3 Å². The summed E-state index contributed by atoms with van der Waals surface area (Å²) in [6.07, 6.45) is 0. The second-order valence-corrected chi connectivity index (χ2v) is 10.1. The topological polar surface area (TPSA) is 122 Å². The molecule has 0 fully saturated rings. The van der Waals surface area contributed by atoms with Crippen LogP contribution < -0.4 is 5.73 Å². The standard InChI is InChI=1S/C31H28N4O3S/c1-4-37-31(36)28-26(18-39-30-23(16-32)14-15-25(35-30)21-8-6-5-7-9-21)38-29(34)24(17-33)27(28)22-12-10-20(11-13-22)19(2)3/h5-15,19,27H,4,18,34H2,1-3H3. The van der Waals surface area contributed by atoms with Gasteiger partial charge in [-0.15, -0.1) is 0 Å². The fourth-order valence-electron chi connectivity index (χ4n) is 4.30. The molecule has 0 saturated heterocycles. The van der Waals surface area contributed by atoms with Gasteiger partial charge >= 0.3 is 5.97 Å². The molecule has 8 heteroatoms. The number of thioether (sulfide) groups is 1. The van der Waals surface area contributed by atoms with Crippen LogP contribution in [0.1, 0.15) is 49.3 Å². The molecule has 0 radical (unpaired) electrons. The van der Waals surface area contributed by atoms with Crippen LogP contribution in [0.5, 0.6) is 0 Å². The third-order valence-electron chi connectivity index (χ3n) is 6.32. The number of nitriles is 2. The van der Waals surface area contributed by atoms with Gasteiger partial charge in [0.25, 0.3) is 0 Å². The number of pyridine rings is 1. The third-order valence-corrected chi connectivity index (χ3v) is 7.31. The summed E-state index contributed by atoms with van der Waals surface area (Å²) in [4.78, 5) is 18.0. The van der Waals surface area contributed by atoms with Crippen LogP contribution in [0, 0.1) is 22.7 Å². The smallest absolute Gasteiger partial charge is 0.338 e. The fourth-order valence-corrected chi connectivity index (χ4v) is 5.22. The lowest BCUT2D eigenvalue weighted by Crippen LogP contribution is -2.27. The van der Waals surface area contributed by atoms with Gasteiger partial charge in [-0.3, -0.25) is 0 Å². The average Bonchev–Trinajstić information content (AvgIpc) is 2.96. The molecule has 0 aliphatic carbocycles. The third kappa shape index (κ3) is 5.98. The van der Waals surface area contributed by atoms with Crippen LogP contribution in [0.2, 0.25) is 0 Å². The van der Waals surface area contributed by atoms with E-state index in [1.807, 2.05) is 54.6 Å². The number of nitrogens with zero attached hydrogens (tertiary/aromatic N) is 3. The van der Waals surface area contributed by atoms with E-state index in [2.05, 4.69) is 26.0 Å². The molecular formula is C31H28N4O3S. The van der Waals surface area contributed by atoms with Crippen molar-refractivity contribution in [3.8, 4) is 23.4 Å². The molecule has 0 spiro atoms. The predicted octanol–water partition coefficient (Wildman–Crippen LogP) is 6.16. The second kappa shape index (κ2) is 12.3. The van der Waals surface area contributed by atoms with Gasteiger partial charge in [-0.1, -0.05) is 80.2 Å². The number of esters is 1. The van der Waals surface area contributed by atoms with Gasteiger partial charge in [0.2, 0.25) is 5.88 Å². The number of aromatic nitrogens is 1. The van der Waals surface area contributed by atoms with Crippen LogP contribution in [-0.2, 0) is 14.3 Å². The summed E-state index contributed by atoms with van der Waals surface area (Å²) in [6.45, 7) is 6.06. The van der Waals surface area contributed by atoms with Crippen LogP contribution in [0.15, 0.2) is 94.5 Å². The summed E-state index contributed by atoms with van der Waals surface area (Å²) in [5, 5.41) is 20.2. The number of carbonyl (C=O) groups is 1. The molecule has 196 valence electrons. The molecule has 3 aromatic rings. The molecule has 4 rings (SSSR count). The minimum atomic E-state index is -0.751. The number of nitrogens with two attached hydrogens (primary N) is 1. The summed E-state index contributed by atoms with van der Waals surface area (Å²) in [5.74, 6) is -0.662. The van der Waals surface area contributed by atoms with Crippen molar-refractivity contribution in [1.82, 2.24) is 4.98 Å². The minimum absolute atomic E-state index is 0.0643. The van der Waals surface area contributed by atoms with Gasteiger partial charge in [-0.2, -0.15) is 10.5 Å². The Bertz CT molecular complexity index is 1510. The van der Waals surface area contributed by atoms with Crippen LogP contribution in [0.25, 0.3) is 11.3 Å². The van der Waals surface area contributed by atoms with E-state index >= 15 is 0 Å². The number of benzene rings is 2. The Balaban J connectivity index is 1.76. The van der Waals surface area contributed by atoms with Crippen molar-refractivity contribution in [2.75, 3.05) is 12.4 Å². The summed E-state index contributed by atoms with van der Waals surface area (Å²) >= 11 is 1.26. The SMILES string of the molecule is CCOC(=O)C1=C(CSc2nc(-c3ccccc3)ccc2C#N)OC(N)=C(C#N)C1c1ccc(C(C)C)cc1. The maximum absolute atomic E-state index is 13.3. The Morgan fingerprint density at radius 2 is 1.79 bits per heavy atom. The van der Waals surface area contributed by atoms with E-state index in [1.54, 1.807) is 19.1 Å². The van der Waals surface area contributed by atoms with Crippen molar-refractivity contribution in [2.45, 2.75) is 37.6 Å². The largest absolute Gasteiger partial charge is 0.463 e. The molecule has 1 atom stereocenters. The van der Waals surface area contributed by atoms with Crippen molar-refractivity contribution >= 4 is 17.7 Å². The highest BCUT2D eigenvalue weighted by atomic mass is 32.2. The molecule has 39 heavy (non-hydrogen) atoms. The number of rotatable bonds is 8. The highest BCUT2D eigenvalue weighted by Crippen LogP contribution is 2.41. The van der Waals surface area contributed by atoms with E-state index in [0.717, 1.165) is 22.4 Å². The molecule has 1 unspecified atom stereocenters. The monoisotopic (exact) mass is 536 g/mol. The summed E-state index contributed by atoms with van der Waals surface area (Å²) < 4.78 is 11.3. The van der Waals surface area contributed by atoms with Crippen molar-refractivity contribution in [3.63, 3.8) is 0 Å². The zero-order valence-corrected chi connectivity index (χ0v) is 22.8. The number of carbonyl (C=O) groups excluding carboxylic acids is 1. The maximum Gasteiger partial charge on any atom is 0.338 e. The van der Waals surface area contributed by atoms with Crippen LogP contribution >= 0.6 is 11.8 Å².